The highest BCUT2D eigenvalue weighted by Gasteiger charge is 2.20. The highest BCUT2D eigenvalue weighted by molar-refractivity contribution is 7.90. The molecule has 1 amide bonds. The van der Waals surface area contributed by atoms with Crippen LogP contribution in [-0.4, -0.2) is 34.0 Å². The lowest BCUT2D eigenvalue weighted by Crippen LogP contribution is -2.27. The van der Waals surface area contributed by atoms with E-state index in [-0.39, 0.29) is 29.0 Å². The lowest BCUT2D eigenvalue weighted by atomic mass is 10.0. The third-order valence-corrected chi connectivity index (χ3v) is 6.39. The molecular weight excluding hydrogens is 384 g/mol. The molecule has 5 nitrogen and oxygen atoms in total. The molecule has 1 fully saturated rings. The third kappa shape index (κ3) is 5.79. The lowest BCUT2D eigenvalue weighted by molar-refractivity contribution is 0.0951. The fourth-order valence-corrected chi connectivity index (χ4v) is 4.63. The van der Waals surface area contributed by atoms with Crippen LogP contribution in [0.5, 0.6) is 0 Å². The molecule has 0 aromatic heterocycles. The molecule has 1 aliphatic rings. The summed E-state index contributed by atoms with van der Waals surface area (Å²) in [5.41, 5.74) is 0.952. The van der Waals surface area contributed by atoms with Crippen molar-refractivity contribution in [3.05, 3.63) is 65.7 Å². The summed E-state index contributed by atoms with van der Waals surface area (Å²) >= 11 is 0. The maximum absolute atomic E-state index is 12.6. The van der Waals surface area contributed by atoms with Crippen molar-refractivity contribution in [2.45, 2.75) is 23.5 Å². The Hall–Kier alpha value is -1.89. The number of sulfone groups is 1. The Labute approximate surface area is 166 Å². The Kier molecular flexibility index (Phi) is 7.83. The Morgan fingerprint density at radius 3 is 2.48 bits per heavy atom. The standard InChI is InChI=1S/C20H24N2O3S.ClH/c23-20(22-13-11-16-10-12-21-14-16)19-9-5-4-6-17(19)15-26(24,25)18-7-2-1-3-8-18;/h1-9,16,21H,10-15H2,(H,22,23);1H. The van der Waals surface area contributed by atoms with Gasteiger partial charge in [0.15, 0.2) is 9.84 Å². The van der Waals surface area contributed by atoms with Gasteiger partial charge in [-0.25, -0.2) is 8.42 Å². The number of benzene rings is 2. The largest absolute Gasteiger partial charge is 0.352 e. The number of halogens is 1. The normalized spacial score (nSPS) is 16.5. The number of hydrogen-bond donors (Lipinski definition) is 2. The molecule has 1 unspecified atom stereocenters. The van der Waals surface area contributed by atoms with Crippen molar-refractivity contribution in [3.63, 3.8) is 0 Å². The maximum Gasteiger partial charge on any atom is 0.251 e. The molecule has 0 radical (unpaired) electrons. The summed E-state index contributed by atoms with van der Waals surface area (Å²) in [5, 5.41) is 6.24. The molecule has 1 aliphatic heterocycles. The fraction of sp³-hybridized carbons (Fsp3) is 0.350. The number of carbonyl (C=O) groups is 1. The highest BCUT2D eigenvalue weighted by atomic mass is 35.5. The average molecular weight is 409 g/mol. The van der Waals surface area contributed by atoms with Crippen LogP contribution >= 0.6 is 12.4 Å². The molecule has 3 rings (SSSR count). The van der Waals surface area contributed by atoms with E-state index in [2.05, 4.69) is 10.6 Å². The lowest BCUT2D eigenvalue weighted by Gasteiger charge is -2.12. The van der Waals surface area contributed by atoms with Crippen LogP contribution in [0.1, 0.15) is 28.8 Å². The third-order valence-electron chi connectivity index (χ3n) is 4.71. The maximum atomic E-state index is 12.6. The molecule has 0 bridgehead atoms. The van der Waals surface area contributed by atoms with Crippen molar-refractivity contribution >= 4 is 28.2 Å². The average Bonchev–Trinajstić information content (AvgIpc) is 3.16. The zero-order valence-corrected chi connectivity index (χ0v) is 16.7. The summed E-state index contributed by atoms with van der Waals surface area (Å²) in [6.45, 7) is 2.64. The van der Waals surface area contributed by atoms with Crippen LogP contribution in [-0.2, 0) is 15.6 Å². The summed E-state index contributed by atoms with van der Waals surface area (Å²) in [4.78, 5) is 12.8. The summed E-state index contributed by atoms with van der Waals surface area (Å²) < 4.78 is 25.3. The van der Waals surface area contributed by atoms with E-state index in [1.807, 2.05) is 0 Å². The predicted octanol–water partition coefficient (Wildman–Crippen LogP) is 2.81. The number of amides is 1. The van der Waals surface area contributed by atoms with Gasteiger partial charge >= 0.3 is 0 Å². The van der Waals surface area contributed by atoms with E-state index < -0.39 is 9.84 Å². The van der Waals surface area contributed by atoms with Crippen LogP contribution < -0.4 is 10.6 Å². The number of nitrogens with one attached hydrogen (secondary N) is 2. The molecule has 7 heteroatoms. The first kappa shape index (κ1) is 21.4. The molecular formula is C20H25ClN2O3S. The topological polar surface area (TPSA) is 75.3 Å². The van der Waals surface area contributed by atoms with Gasteiger partial charge < -0.3 is 10.6 Å². The van der Waals surface area contributed by atoms with Gasteiger partial charge in [-0.1, -0.05) is 36.4 Å². The molecule has 0 saturated carbocycles. The molecule has 27 heavy (non-hydrogen) atoms. The van der Waals surface area contributed by atoms with Crippen LogP contribution in [0, 0.1) is 5.92 Å². The minimum atomic E-state index is -3.49. The van der Waals surface area contributed by atoms with Gasteiger partial charge in [0.2, 0.25) is 0 Å². The molecule has 1 atom stereocenters. The molecule has 1 heterocycles. The quantitative estimate of drug-likeness (QED) is 0.738. The van der Waals surface area contributed by atoms with Crippen LogP contribution in [0.3, 0.4) is 0 Å². The van der Waals surface area contributed by atoms with Gasteiger partial charge in [-0.3, -0.25) is 4.79 Å². The fourth-order valence-electron chi connectivity index (χ4n) is 3.23. The molecule has 2 N–H and O–H groups in total. The van der Waals surface area contributed by atoms with Crippen LogP contribution in [0.2, 0.25) is 0 Å². The highest BCUT2D eigenvalue weighted by Crippen LogP contribution is 2.19. The van der Waals surface area contributed by atoms with Gasteiger partial charge in [-0.2, -0.15) is 0 Å². The smallest absolute Gasteiger partial charge is 0.251 e. The first-order valence-corrected chi connectivity index (χ1v) is 10.6. The summed E-state index contributed by atoms with van der Waals surface area (Å²) in [7, 11) is -3.49. The van der Waals surface area contributed by atoms with Crippen molar-refractivity contribution in [2.75, 3.05) is 19.6 Å². The Bertz CT molecular complexity index is 851. The Balaban J connectivity index is 0.00000261. The molecule has 1 saturated heterocycles. The van der Waals surface area contributed by atoms with Gasteiger partial charge in [-0.15, -0.1) is 12.4 Å². The number of rotatable bonds is 7. The van der Waals surface area contributed by atoms with E-state index in [1.165, 1.54) is 0 Å². The van der Waals surface area contributed by atoms with Crippen molar-refractivity contribution in [2.24, 2.45) is 5.92 Å². The summed E-state index contributed by atoms with van der Waals surface area (Å²) in [6.07, 6.45) is 2.07. The summed E-state index contributed by atoms with van der Waals surface area (Å²) in [5.74, 6) is 0.200. The van der Waals surface area contributed by atoms with E-state index in [0.717, 1.165) is 25.9 Å². The SMILES string of the molecule is Cl.O=C(NCCC1CCNC1)c1ccccc1CS(=O)(=O)c1ccccc1. The van der Waals surface area contributed by atoms with Crippen LogP contribution in [0.15, 0.2) is 59.5 Å². The minimum absolute atomic E-state index is 0. The van der Waals surface area contributed by atoms with E-state index in [0.29, 0.717) is 23.6 Å². The first-order valence-electron chi connectivity index (χ1n) is 8.91. The molecule has 2 aromatic rings. The van der Waals surface area contributed by atoms with Gasteiger partial charge in [0.05, 0.1) is 10.6 Å². The second kappa shape index (κ2) is 9.88. The van der Waals surface area contributed by atoms with E-state index >= 15 is 0 Å². The van der Waals surface area contributed by atoms with Crippen molar-refractivity contribution in [1.82, 2.24) is 10.6 Å². The van der Waals surface area contributed by atoms with Crippen molar-refractivity contribution in [3.8, 4) is 0 Å². The second-order valence-electron chi connectivity index (χ2n) is 6.63. The van der Waals surface area contributed by atoms with E-state index in [4.69, 9.17) is 0 Å². The van der Waals surface area contributed by atoms with Crippen molar-refractivity contribution < 1.29 is 13.2 Å². The predicted molar refractivity (Wildman–Crippen MR) is 109 cm³/mol. The zero-order chi connectivity index (χ0) is 18.4. The first-order chi connectivity index (χ1) is 12.6. The van der Waals surface area contributed by atoms with Crippen LogP contribution in [0.4, 0.5) is 0 Å². The van der Waals surface area contributed by atoms with Crippen LogP contribution in [0.25, 0.3) is 0 Å². The molecule has 2 aromatic carbocycles. The number of carbonyl (C=O) groups excluding carboxylic acids is 1. The minimum Gasteiger partial charge on any atom is -0.352 e. The van der Waals surface area contributed by atoms with Crippen molar-refractivity contribution in [1.29, 1.82) is 0 Å². The Morgan fingerprint density at radius 1 is 1.07 bits per heavy atom. The molecule has 0 aliphatic carbocycles. The molecule has 0 spiro atoms. The zero-order valence-electron chi connectivity index (χ0n) is 15.1. The Morgan fingerprint density at radius 2 is 1.78 bits per heavy atom. The second-order valence-corrected chi connectivity index (χ2v) is 8.62. The number of hydrogen-bond acceptors (Lipinski definition) is 4. The van der Waals surface area contributed by atoms with Gasteiger partial charge in [0.1, 0.15) is 0 Å². The monoisotopic (exact) mass is 408 g/mol. The van der Waals surface area contributed by atoms with Gasteiger partial charge in [0.25, 0.3) is 5.91 Å². The molecule has 146 valence electrons. The van der Waals surface area contributed by atoms with E-state index in [9.17, 15) is 13.2 Å². The van der Waals surface area contributed by atoms with E-state index in [1.54, 1.807) is 54.6 Å². The summed E-state index contributed by atoms with van der Waals surface area (Å²) in [6, 6.07) is 15.2. The van der Waals surface area contributed by atoms with Gasteiger partial charge in [0, 0.05) is 12.1 Å². The van der Waals surface area contributed by atoms with Gasteiger partial charge in [-0.05, 0) is 55.6 Å².